The number of nitrogens with zero attached hydrogens (tertiary/aromatic N) is 4. The van der Waals surface area contributed by atoms with Crippen molar-refractivity contribution >= 4 is 29.3 Å². The lowest BCUT2D eigenvalue weighted by atomic mass is 10.1. The summed E-state index contributed by atoms with van der Waals surface area (Å²) in [6, 6.07) is 2.15. The fraction of sp³-hybridized carbons (Fsp3) is 0.722. The molecule has 0 unspecified atom stereocenters. The maximum Gasteiger partial charge on any atom is 0.407 e. The number of carbonyl (C=O) groups is 1. The molecule has 26 heavy (non-hydrogen) atoms. The molecule has 1 amide bonds. The maximum atomic E-state index is 11.9. The zero-order valence-electron chi connectivity index (χ0n) is 15.8. The van der Waals surface area contributed by atoms with Gasteiger partial charge in [-0.2, -0.15) is 0 Å². The summed E-state index contributed by atoms with van der Waals surface area (Å²) in [6.07, 6.45) is 3.73. The van der Waals surface area contributed by atoms with Gasteiger partial charge in [0.15, 0.2) is 0 Å². The summed E-state index contributed by atoms with van der Waals surface area (Å²) in [6.45, 7) is 9.27. The fourth-order valence-electron chi connectivity index (χ4n) is 3.39. The fourth-order valence-corrected chi connectivity index (χ4v) is 3.56. The predicted octanol–water partition coefficient (Wildman–Crippen LogP) is 3.22. The van der Waals surface area contributed by atoms with Crippen LogP contribution in [0, 0.1) is 0 Å². The van der Waals surface area contributed by atoms with E-state index in [0.717, 1.165) is 50.7 Å². The van der Waals surface area contributed by atoms with Gasteiger partial charge in [-0.3, -0.25) is 0 Å². The third-order valence-electron chi connectivity index (χ3n) is 4.64. The largest absolute Gasteiger partial charge is 0.444 e. The highest BCUT2D eigenvalue weighted by atomic mass is 35.5. The van der Waals surface area contributed by atoms with Gasteiger partial charge in [0.05, 0.1) is 0 Å². The molecule has 1 N–H and O–H groups in total. The SMILES string of the molecule is CC(C)(C)OC(=O)NC1CCN(c2cc(N3CCCC3)nc(Cl)n2)CC1. The molecule has 8 heteroatoms. The van der Waals surface area contributed by atoms with Crippen LogP contribution in [0.3, 0.4) is 0 Å². The van der Waals surface area contributed by atoms with Crippen molar-refractivity contribution in [3.05, 3.63) is 11.3 Å². The summed E-state index contributed by atoms with van der Waals surface area (Å²) in [5.74, 6) is 1.77. The molecule has 3 rings (SSSR count). The van der Waals surface area contributed by atoms with E-state index in [-0.39, 0.29) is 12.1 Å². The Kier molecular flexibility index (Phi) is 5.75. The van der Waals surface area contributed by atoms with Crippen molar-refractivity contribution in [3.63, 3.8) is 0 Å². The minimum atomic E-state index is -0.478. The molecular formula is C18H28ClN5O2. The lowest BCUT2D eigenvalue weighted by Gasteiger charge is -2.34. The standard InChI is InChI=1S/C18H28ClN5O2/c1-18(2,3)26-17(25)20-13-6-10-24(11-7-13)15-12-14(21-16(19)22-15)23-8-4-5-9-23/h12-13H,4-11H2,1-3H3,(H,20,25). The average Bonchev–Trinajstić information content (AvgIpc) is 3.07. The summed E-state index contributed by atoms with van der Waals surface area (Å²) >= 11 is 6.16. The van der Waals surface area contributed by atoms with Crippen LogP contribution in [0.1, 0.15) is 46.5 Å². The molecular weight excluding hydrogens is 354 g/mol. The summed E-state index contributed by atoms with van der Waals surface area (Å²) in [7, 11) is 0. The van der Waals surface area contributed by atoms with Gasteiger partial charge in [0.1, 0.15) is 17.2 Å². The molecule has 7 nitrogen and oxygen atoms in total. The van der Waals surface area contributed by atoms with E-state index in [1.165, 1.54) is 12.8 Å². The average molecular weight is 382 g/mol. The zero-order chi connectivity index (χ0) is 18.7. The number of carbonyl (C=O) groups excluding carboxylic acids is 1. The predicted molar refractivity (Wildman–Crippen MR) is 103 cm³/mol. The topological polar surface area (TPSA) is 70.6 Å². The van der Waals surface area contributed by atoms with Crippen LogP contribution >= 0.6 is 11.6 Å². The second kappa shape index (κ2) is 7.86. The second-order valence-electron chi connectivity index (χ2n) is 7.96. The smallest absolute Gasteiger partial charge is 0.407 e. The first-order valence-electron chi connectivity index (χ1n) is 9.34. The minimum Gasteiger partial charge on any atom is -0.444 e. The Bertz CT molecular complexity index is 635. The molecule has 0 spiro atoms. The molecule has 1 aromatic rings. The minimum absolute atomic E-state index is 0.122. The first-order chi connectivity index (χ1) is 12.3. The van der Waals surface area contributed by atoms with Gasteiger partial charge >= 0.3 is 6.09 Å². The molecule has 0 bridgehead atoms. The third-order valence-corrected chi connectivity index (χ3v) is 4.81. The normalized spacial score (nSPS) is 18.9. The van der Waals surface area contributed by atoms with Crippen LogP contribution in [0.5, 0.6) is 0 Å². The van der Waals surface area contributed by atoms with Gasteiger partial charge in [0.2, 0.25) is 5.28 Å². The van der Waals surface area contributed by atoms with E-state index in [4.69, 9.17) is 16.3 Å². The van der Waals surface area contributed by atoms with Crippen molar-refractivity contribution in [2.75, 3.05) is 36.0 Å². The van der Waals surface area contributed by atoms with Crippen molar-refractivity contribution in [1.29, 1.82) is 0 Å². The van der Waals surface area contributed by atoms with Gasteiger partial charge in [0, 0.05) is 38.3 Å². The molecule has 0 aromatic carbocycles. The Morgan fingerprint density at radius 1 is 1.12 bits per heavy atom. The van der Waals surface area contributed by atoms with Crippen LogP contribution in [0.15, 0.2) is 6.07 Å². The molecule has 0 saturated carbocycles. The molecule has 1 aromatic heterocycles. The van der Waals surface area contributed by atoms with Gasteiger partial charge in [0.25, 0.3) is 0 Å². The lowest BCUT2D eigenvalue weighted by Crippen LogP contribution is -2.46. The quantitative estimate of drug-likeness (QED) is 0.810. The maximum absolute atomic E-state index is 11.9. The van der Waals surface area contributed by atoms with Crippen LogP contribution < -0.4 is 15.1 Å². The van der Waals surface area contributed by atoms with E-state index in [9.17, 15) is 4.79 Å². The molecule has 144 valence electrons. The third kappa shape index (κ3) is 5.13. The Morgan fingerprint density at radius 2 is 1.65 bits per heavy atom. The second-order valence-corrected chi connectivity index (χ2v) is 8.29. The Hall–Kier alpha value is -1.76. The zero-order valence-corrected chi connectivity index (χ0v) is 16.6. The van der Waals surface area contributed by atoms with Crippen molar-refractivity contribution in [2.45, 2.75) is 58.1 Å². The van der Waals surface area contributed by atoms with Gasteiger partial charge in [-0.05, 0) is 58.1 Å². The lowest BCUT2D eigenvalue weighted by molar-refractivity contribution is 0.0497. The van der Waals surface area contributed by atoms with Crippen LogP contribution in [0.4, 0.5) is 16.4 Å². The number of nitrogens with one attached hydrogen (secondary N) is 1. The van der Waals surface area contributed by atoms with Crippen molar-refractivity contribution in [2.24, 2.45) is 0 Å². The highest BCUT2D eigenvalue weighted by Gasteiger charge is 2.25. The number of piperidine rings is 1. The van der Waals surface area contributed by atoms with Crippen molar-refractivity contribution in [3.8, 4) is 0 Å². The Morgan fingerprint density at radius 3 is 2.19 bits per heavy atom. The molecule has 0 atom stereocenters. The number of hydrogen-bond donors (Lipinski definition) is 1. The molecule has 2 aliphatic rings. The summed E-state index contributed by atoms with van der Waals surface area (Å²) < 4.78 is 5.33. The molecule has 2 aliphatic heterocycles. The molecule has 2 fully saturated rings. The molecule has 2 saturated heterocycles. The number of halogens is 1. The van der Waals surface area contributed by atoms with Crippen LogP contribution in [-0.2, 0) is 4.74 Å². The van der Waals surface area contributed by atoms with Gasteiger partial charge in [-0.15, -0.1) is 0 Å². The van der Waals surface area contributed by atoms with E-state index in [0.29, 0.717) is 5.28 Å². The Balaban J connectivity index is 1.57. The number of amides is 1. The first-order valence-corrected chi connectivity index (χ1v) is 9.72. The van der Waals surface area contributed by atoms with Gasteiger partial charge in [-0.1, -0.05) is 0 Å². The van der Waals surface area contributed by atoms with E-state index >= 15 is 0 Å². The number of rotatable bonds is 3. The highest BCUT2D eigenvalue weighted by Crippen LogP contribution is 2.26. The number of aromatic nitrogens is 2. The van der Waals surface area contributed by atoms with E-state index in [1.807, 2.05) is 26.8 Å². The summed E-state index contributed by atoms with van der Waals surface area (Å²) in [5, 5.41) is 3.25. The highest BCUT2D eigenvalue weighted by molar-refractivity contribution is 6.28. The van der Waals surface area contributed by atoms with E-state index in [2.05, 4.69) is 25.1 Å². The van der Waals surface area contributed by atoms with Crippen LogP contribution in [0.2, 0.25) is 5.28 Å². The number of anilines is 2. The van der Waals surface area contributed by atoms with E-state index in [1.54, 1.807) is 0 Å². The molecule has 0 radical (unpaired) electrons. The van der Waals surface area contributed by atoms with Crippen molar-refractivity contribution in [1.82, 2.24) is 15.3 Å². The van der Waals surface area contributed by atoms with Crippen LogP contribution in [-0.4, -0.2) is 53.9 Å². The molecule has 0 aliphatic carbocycles. The summed E-state index contributed by atoms with van der Waals surface area (Å²) in [4.78, 5) is 25.2. The first kappa shape index (κ1) is 19.0. The van der Waals surface area contributed by atoms with Crippen LogP contribution in [0.25, 0.3) is 0 Å². The van der Waals surface area contributed by atoms with Crippen molar-refractivity contribution < 1.29 is 9.53 Å². The summed E-state index contributed by atoms with van der Waals surface area (Å²) in [5.41, 5.74) is -0.478. The number of alkyl carbamates (subject to hydrolysis) is 1. The van der Waals surface area contributed by atoms with E-state index < -0.39 is 5.60 Å². The Labute approximate surface area is 160 Å². The van der Waals surface area contributed by atoms with Gasteiger partial charge < -0.3 is 19.9 Å². The monoisotopic (exact) mass is 381 g/mol. The molecule has 3 heterocycles. The van der Waals surface area contributed by atoms with Gasteiger partial charge in [-0.25, -0.2) is 14.8 Å². The number of ether oxygens (including phenoxy) is 1. The number of hydrogen-bond acceptors (Lipinski definition) is 6.